The van der Waals surface area contributed by atoms with Gasteiger partial charge in [-0.1, -0.05) is 36.4 Å². The SMILES string of the molecule is COC(=O)[C@@H](CCc1ccccc1)NC(=O)[C@@H](CC(=O)O)NCCCc1ccc(O)c(OC)c1. The number of carboxylic acids is 1. The van der Waals surface area contributed by atoms with E-state index in [1.165, 1.54) is 14.2 Å². The zero-order chi connectivity index (χ0) is 24.9. The second-order valence-electron chi connectivity index (χ2n) is 7.82. The minimum atomic E-state index is -1.13. The first-order valence-electron chi connectivity index (χ1n) is 11.1. The van der Waals surface area contributed by atoms with Crippen molar-refractivity contribution in [2.75, 3.05) is 20.8 Å². The number of methoxy groups -OCH3 is 2. The Bertz CT molecular complexity index is 950. The fraction of sp³-hybridized carbons (Fsp3) is 0.400. The molecule has 0 saturated heterocycles. The molecule has 0 heterocycles. The van der Waals surface area contributed by atoms with Crippen molar-refractivity contribution >= 4 is 17.8 Å². The van der Waals surface area contributed by atoms with Crippen LogP contribution in [0.4, 0.5) is 0 Å². The summed E-state index contributed by atoms with van der Waals surface area (Å²) in [5.41, 5.74) is 1.94. The molecule has 0 fully saturated rings. The van der Waals surface area contributed by atoms with E-state index in [-0.39, 0.29) is 5.75 Å². The third kappa shape index (κ3) is 8.74. The summed E-state index contributed by atoms with van der Waals surface area (Å²) in [5, 5.41) is 24.5. The van der Waals surface area contributed by atoms with Gasteiger partial charge in [-0.2, -0.15) is 0 Å². The Balaban J connectivity index is 1.93. The minimum Gasteiger partial charge on any atom is -0.504 e. The van der Waals surface area contributed by atoms with E-state index in [0.29, 0.717) is 38.0 Å². The minimum absolute atomic E-state index is 0.0509. The molecule has 9 heteroatoms. The van der Waals surface area contributed by atoms with Crippen LogP contribution >= 0.6 is 0 Å². The first-order valence-corrected chi connectivity index (χ1v) is 11.1. The maximum atomic E-state index is 12.8. The van der Waals surface area contributed by atoms with Gasteiger partial charge in [-0.05, 0) is 55.5 Å². The van der Waals surface area contributed by atoms with Gasteiger partial charge in [0, 0.05) is 0 Å². The number of benzene rings is 2. The van der Waals surface area contributed by atoms with E-state index < -0.39 is 36.4 Å². The first kappa shape index (κ1) is 26.7. The summed E-state index contributed by atoms with van der Waals surface area (Å²) in [7, 11) is 2.71. The van der Waals surface area contributed by atoms with E-state index in [9.17, 15) is 24.6 Å². The van der Waals surface area contributed by atoms with Crippen LogP contribution in [0.15, 0.2) is 48.5 Å². The topological polar surface area (TPSA) is 134 Å². The van der Waals surface area contributed by atoms with Crippen LogP contribution < -0.4 is 15.4 Å². The molecule has 0 aliphatic rings. The van der Waals surface area contributed by atoms with E-state index >= 15 is 0 Å². The lowest BCUT2D eigenvalue weighted by atomic mass is 10.0. The monoisotopic (exact) mass is 472 g/mol. The maximum Gasteiger partial charge on any atom is 0.328 e. The number of amides is 1. The highest BCUT2D eigenvalue weighted by molar-refractivity contribution is 5.90. The largest absolute Gasteiger partial charge is 0.504 e. The lowest BCUT2D eigenvalue weighted by molar-refractivity contribution is -0.145. The Kier molecular flexibility index (Phi) is 10.9. The molecule has 0 aliphatic carbocycles. The molecule has 0 bridgehead atoms. The van der Waals surface area contributed by atoms with Crippen LogP contribution in [0.1, 0.15) is 30.4 Å². The molecule has 2 aromatic carbocycles. The standard InChI is InChI=1S/C25H32N2O7/c1-33-22-15-18(11-13-21(22)28)9-6-14-26-20(16-23(29)30)24(31)27-19(25(32)34-2)12-10-17-7-4-3-5-8-17/h3-5,7-8,11,13,15,19-20,26,28H,6,9-10,12,14,16H2,1-2H3,(H,27,31)(H,29,30)/t19-,20-/m1/s1. The van der Waals surface area contributed by atoms with Crippen LogP contribution in [0, 0.1) is 0 Å². The van der Waals surface area contributed by atoms with Gasteiger partial charge in [-0.3, -0.25) is 9.59 Å². The molecule has 0 radical (unpaired) electrons. The van der Waals surface area contributed by atoms with Gasteiger partial charge < -0.3 is 30.3 Å². The smallest absolute Gasteiger partial charge is 0.328 e. The van der Waals surface area contributed by atoms with Crippen molar-refractivity contribution in [3.05, 3.63) is 59.7 Å². The van der Waals surface area contributed by atoms with Crippen molar-refractivity contribution in [3.63, 3.8) is 0 Å². The summed E-state index contributed by atoms with van der Waals surface area (Å²) in [6.07, 6.45) is 1.70. The molecule has 2 atom stereocenters. The molecule has 0 aliphatic heterocycles. The summed E-state index contributed by atoms with van der Waals surface area (Å²) >= 11 is 0. The van der Waals surface area contributed by atoms with Gasteiger partial charge in [0.15, 0.2) is 11.5 Å². The quantitative estimate of drug-likeness (QED) is 0.242. The van der Waals surface area contributed by atoms with E-state index in [4.69, 9.17) is 9.47 Å². The Hall–Kier alpha value is -3.59. The second kappa shape index (κ2) is 13.8. The summed E-state index contributed by atoms with van der Waals surface area (Å²) in [6.45, 7) is 0.376. The molecule has 2 aromatic rings. The number of carboxylic acid groups (broad SMARTS) is 1. The molecule has 184 valence electrons. The molecular weight excluding hydrogens is 440 g/mol. The number of hydrogen-bond donors (Lipinski definition) is 4. The first-order chi connectivity index (χ1) is 16.3. The number of aromatic hydroxyl groups is 1. The Morgan fingerprint density at radius 3 is 2.35 bits per heavy atom. The summed E-state index contributed by atoms with van der Waals surface area (Å²) in [5.74, 6) is -1.86. The van der Waals surface area contributed by atoms with Crippen LogP contribution in [-0.4, -0.2) is 60.9 Å². The number of phenols is 1. The highest BCUT2D eigenvalue weighted by Crippen LogP contribution is 2.26. The summed E-state index contributed by atoms with van der Waals surface area (Å²) in [6, 6.07) is 12.7. The second-order valence-corrected chi connectivity index (χ2v) is 7.82. The third-order valence-corrected chi connectivity index (χ3v) is 5.34. The van der Waals surface area contributed by atoms with Crippen molar-refractivity contribution < 1.29 is 34.1 Å². The van der Waals surface area contributed by atoms with Crippen LogP contribution in [0.25, 0.3) is 0 Å². The normalized spacial score (nSPS) is 12.4. The van der Waals surface area contributed by atoms with Gasteiger partial charge in [0.2, 0.25) is 5.91 Å². The van der Waals surface area contributed by atoms with Gasteiger partial charge in [-0.15, -0.1) is 0 Å². The highest BCUT2D eigenvalue weighted by atomic mass is 16.5. The molecule has 4 N–H and O–H groups in total. The number of esters is 1. The zero-order valence-corrected chi connectivity index (χ0v) is 19.5. The van der Waals surface area contributed by atoms with E-state index in [1.807, 2.05) is 30.3 Å². The number of aliphatic carboxylic acids is 1. The van der Waals surface area contributed by atoms with Crippen molar-refractivity contribution in [1.29, 1.82) is 0 Å². The zero-order valence-electron chi connectivity index (χ0n) is 19.5. The molecule has 0 unspecified atom stereocenters. The van der Waals surface area contributed by atoms with Gasteiger partial charge in [0.05, 0.1) is 26.7 Å². The summed E-state index contributed by atoms with van der Waals surface area (Å²) in [4.78, 5) is 36.3. The number of aryl methyl sites for hydroxylation is 2. The van der Waals surface area contributed by atoms with Crippen molar-refractivity contribution in [3.8, 4) is 11.5 Å². The van der Waals surface area contributed by atoms with Crippen LogP contribution in [-0.2, 0) is 32.0 Å². The van der Waals surface area contributed by atoms with E-state index in [0.717, 1.165) is 11.1 Å². The van der Waals surface area contributed by atoms with Gasteiger partial charge in [-0.25, -0.2) is 4.79 Å². The highest BCUT2D eigenvalue weighted by Gasteiger charge is 2.27. The van der Waals surface area contributed by atoms with E-state index in [2.05, 4.69) is 10.6 Å². The van der Waals surface area contributed by atoms with Crippen LogP contribution in [0.2, 0.25) is 0 Å². The number of carbonyl (C=O) groups excluding carboxylic acids is 2. The van der Waals surface area contributed by atoms with Crippen LogP contribution in [0.3, 0.4) is 0 Å². The number of carbonyl (C=O) groups is 3. The molecule has 0 spiro atoms. The molecule has 2 rings (SSSR count). The molecule has 34 heavy (non-hydrogen) atoms. The molecule has 0 saturated carbocycles. The number of ether oxygens (including phenoxy) is 2. The number of nitrogens with one attached hydrogen (secondary N) is 2. The number of hydrogen-bond acceptors (Lipinski definition) is 7. The molecule has 9 nitrogen and oxygen atoms in total. The van der Waals surface area contributed by atoms with Crippen molar-refractivity contribution in [1.82, 2.24) is 10.6 Å². The lowest BCUT2D eigenvalue weighted by Gasteiger charge is -2.21. The molecule has 0 aromatic heterocycles. The average molecular weight is 473 g/mol. The predicted octanol–water partition coefficient (Wildman–Crippen LogP) is 2.06. The van der Waals surface area contributed by atoms with E-state index in [1.54, 1.807) is 18.2 Å². The summed E-state index contributed by atoms with van der Waals surface area (Å²) < 4.78 is 9.92. The lowest BCUT2D eigenvalue weighted by Crippen LogP contribution is -2.51. The Morgan fingerprint density at radius 2 is 1.71 bits per heavy atom. The third-order valence-electron chi connectivity index (χ3n) is 5.34. The number of phenolic OH excluding ortho intramolecular Hbond substituents is 1. The van der Waals surface area contributed by atoms with Gasteiger partial charge in [0.25, 0.3) is 0 Å². The Labute approximate surface area is 199 Å². The van der Waals surface area contributed by atoms with Gasteiger partial charge >= 0.3 is 11.9 Å². The fourth-order valence-corrected chi connectivity index (χ4v) is 3.50. The Morgan fingerprint density at radius 1 is 0.971 bits per heavy atom. The fourth-order valence-electron chi connectivity index (χ4n) is 3.50. The number of rotatable bonds is 14. The molecule has 1 amide bonds. The predicted molar refractivity (Wildman–Crippen MR) is 126 cm³/mol. The van der Waals surface area contributed by atoms with Crippen LogP contribution in [0.5, 0.6) is 11.5 Å². The average Bonchev–Trinajstić information content (AvgIpc) is 2.84. The maximum absolute atomic E-state index is 12.8. The van der Waals surface area contributed by atoms with Crippen molar-refractivity contribution in [2.45, 2.75) is 44.2 Å². The molecular formula is C25H32N2O7. The van der Waals surface area contributed by atoms with Gasteiger partial charge in [0.1, 0.15) is 6.04 Å². The van der Waals surface area contributed by atoms with Crippen molar-refractivity contribution in [2.24, 2.45) is 0 Å².